The summed E-state index contributed by atoms with van der Waals surface area (Å²) in [7, 11) is 0. The Hall–Kier alpha value is -4.26. The standard InChI is InChI=1S/C14H24N4.C10H16N4.C8H12N4/c1-11(7-15)5-13(3)9-17-18-10-14(4)6-12(2)8-16;1-5-9(3,7-11)13-14-10(4,6-2)8-12;1-7(2,5-9)11-12-8(3,4)6-10/h11-14H,5-6,9-10H2,1-4H3;5-6H2,1-4H3;1-4H3. The number of nitrogens with zero attached hydrogens (tertiary/aromatic N) is 12. The van der Waals surface area contributed by atoms with Crippen LogP contribution in [0.5, 0.6) is 0 Å². The average Bonchev–Trinajstić information content (AvgIpc) is 3.01. The molecule has 0 aromatic rings. The van der Waals surface area contributed by atoms with E-state index in [9.17, 15) is 0 Å². The Labute approximate surface area is 266 Å². The molecule has 0 aliphatic heterocycles. The zero-order valence-corrected chi connectivity index (χ0v) is 28.9. The highest BCUT2D eigenvalue weighted by Gasteiger charge is 2.25. The van der Waals surface area contributed by atoms with Gasteiger partial charge in [0.2, 0.25) is 0 Å². The molecule has 6 atom stereocenters. The van der Waals surface area contributed by atoms with E-state index in [-0.39, 0.29) is 11.8 Å². The predicted octanol–water partition coefficient (Wildman–Crippen LogP) is 8.68. The fraction of sp³-hybridized carbons (Fsp3) is 0.812. The van der Waals surface area contributed by atoms with Gasteiger partial charge in [-0.25, -0.2) is 0 Å². The third-order valence-electron chi connectivity index (χ3n) is 6.29. The molecule has 0 aliphatic carbocycles. The first kappa shape index (κ1) is 44.2. The topological polar surface area (TPSA) is 217 Å². The second-order valence-electron chi connectivity index (χ2n) is 12.6. The van der Waals surface area contributed by atoms with Crippen LogP contribution in [0.15, 0.2) is 30.7 Å². The Balaban J connectivity index is -0.000000587. The lowest BCUT2D eigenvalue weighted by molar-refractivity contribution is 0.453. The lowest BCUT2D eigenvalue weighted by Gasteiger charge is -2.16. The van der Waals surface area contributed by atoms with Gasteiger partial charge in [-0.15, -0.1) is 0 Å². The van der Waals surface area contributed by atoms with Gasteiger partial charge in [-0.2, -0.15) is 62.3 Å². The van der Waals surface area contributed by atoms with Gasteiger partial charge in [0.1, 0.15) is 0 Å². The quantitative estimate of drug-likeness (QED) is 0.176. The van der Waals surface area contributed by atoms with E-state index >= 15 is 0 Å². The molecule has 240 valence electrons. The zero-order chi connectivity index (χ0) is 35.0. The van der Waals surface area contributed by atoms with E-state index < -0.39 is 22.2 Å². The summed E-state index contributed by atoms with van der Waals surface area (Å²) in [5.74, 6) is 0.977. The summed E-state index contributed by atoms with van der Waals surface area (Å²) in [4.78, 5) is 0. The molecule has 0 amide bonds. The first-order chi connectivity index (χ1) is 20.3. The highest BCUT2D eigenvalue weighted by atomic mass is 15.2. The Morgan fingerprint density at radius 3 is 1.00 bits per heavy atom. The van der Waals surface area contributed by atoms with Gasteiger partial charge in [0, 0.05) is 11.8 Å². The molecule has 0 spiro atoms. The van der Waals surface area contributed by atoms with E-state index in [1.54, 1.807) is 41.5 Å². The molecule has 0 aromatic carbocycles. The van der Waals surface area contributed by atoms with E-state index in [1.165, 1.54) is 0 Å². The largest absolute Gasteiger partial charge is 0.198 e. The lowest BCUT2D eigenvalue weighted by Crippen LogP contribution is -2.22. The van der Waals surface area contributed by atoms with Gasteiger partial charge < -0.3 is 0 Å². The molecule has 6 unspecified atom stereocenters. The summed E-state index contributed by atoms with van der Waals surface area (Å²) in [6.45, 7) is 23.2. The van der Waals surface area contributed by atoms with Gasteiger partial charge in [0.05, 0.1) is 49.5 Å². The molecular weight excluding hydrogens is 552 g/mol. The molecule has 0 rings (SSSR count). The minimum atomic E-state index is -0.839. The molecule has 0 aliphatic rings. The Kier molecular flexibility index (Phi) is 22.4. The number of nitriles is 6. The number of rotatable bonds is 14. The van der Waals surface area contributed by atoms with Crippen LogP contribution in [0, 0.1) is 91.7 Å². The maximum atomic E-state index is 8.84. The van der Waals surface area contributed by atoms with Crippen molar-refractivity contribution in [2.45, 2.75) is 131 Å². The van der Waals surface area contributed by atoms with Crippen molar-refractivity contribution >= 4 is 0 Å². The number of azo groups is 3. The van der Waals surface area contributed by atoms with Gasteiger partial charge in [-0.3, -0.25) is 0 Å². The first-order valence-electron chi connectivity index (χ1n) is 14.9. The zero-order valence-electron chi connectivity index (χ0n) is 28.9. The third-order valence-corrected chi connectivity index (χ3v) is 6.29. The van der Waals surface area contributed by atoms with Gasteiger partial charge >= 0.3 is 0 Å². The van der Waals surface area contributed by atoms with Crippen LogP contribution >= 0.6 is 0 Å². The van der Waals surface area contributed by atoms with Crippen molar-refractivity contribution in [2.75, 3.05) is 13.1 Å². The van der Waals surface area contributed by atoms with Crippen molar-refractivity contribution in [3.8, 4) is 36.4 Å². The van der Waals surface area contributed by atoms with Crippen LogP contribution in [0.1, 0.15) is 109 Å². The van der Waals surface area contributed by atoms with Crippen molar-refractivity contribution in [3.63, 3.8) is 0 Å². The summed E-state index contributed by atoms with van der Waals surface area (Å²) < 4.78 is 0. The Bertz CT molecular complexity index is 1090. The van der Waals surface area contributed by atoms with Gasteiger partial charge in [-0.1, -0.05) is 27.7 Å². The predicted molar refractivity (Wildman–Crippen MR) is 169 cm³/mol. The Morgan fingerprint density at radius 2 is 0.795 bits per heavy atom. The smallest absolute Gasteiger partial charge is 0.164 e. The van der Waals surface area contributed by atoms with Crippen LogP contribution < -0.4 is 0 Å². The van der Waals surface area contributed by atoms with Crippen molar-refractivity contribution in [1.29, 1.82) is 31.6 Å². The molecule has 0 radical (unpaired) electrons. The van der Waals surface area contributed by atoms with Crippen molar-refractivity contribution in [3.05, 3.63) is 0 Å². The summed E-state index contributed by atoms with van der Waals surface area (Å²) in [5.41, 5.74) is -3.28. The summed E-state index contributed by atoms with van der Waals surface area (Å²) >= 11 is 0. The van der Waals surface area contributed by atoms with E-state index in [2.05, 4.69) is 68.8 Å². The van der Waals surface area contributed by atoms with Gasteiger partial charge in [0.15, 0.2) is 22.2 Å². The molecule has 0 N–H and O–H groups in total. The molecular formula is C32H52N12. The van der Waals surface area contributed by atoms with Crippen LogP contribution in [0.4, 0.5) is 0 Å². The molecule has 0 heterocycles. The fourth-order valence-electron chi connectivity index (χ4n) is 2.72. The number of hydrogen-bond acceptors (Lipinski definition) is 12. The summed E-state index contributed by atoms with van der Waals surface area (Å²) in [6.07, 6.45) is 2.93. The molecule has 44 heavy (non-hydrogen) atoms. The molecule has 12 heteroatoms. The van der Waals surface area contributed by atoms with Crippen molar-refractivity contribution < 1.29 is 0 Å². The van der Waals surface area contributed by atoms with E-state index in [1.807, 2.05) is 39.8 Å². The highest BCUT2D eigenvalue weighted by Crippen LogP contribution is 2.20. The van der Waals surface area contributed by atoms with Crippen molar-refractivity contribution in [1.82, 2.24) is 0 Å². The highest BCUT2D eigenvalue weighted by molar-refractivity contribution is 5.06. The van der Waals surface area contributed by atoms with Crippen LogP contribution in [-0.2, 0) is 0 Å². The van der Waals surface area contributed by atoms with Crippen LogP contribution in [0.25, 0.3) is 0 Å². The average molecular weight is 605 g/mol. The molecule has 0 saturated carbocycles. The summed E-state index contributed by atoms with van der Waals surface area (Å²) in [6, 6.07) is 12.6. The van der Waals surface area contributed by atoms with Gasteiger partial charge in [-0.05, 0) is 92.9 Å². The van der Waals surface area contributed by atoms with Crippen molar-refractivity contribution in [2.24, 2.45) is 54.4 Å². The minimum absolute atomic E-state index is 0.0885. The maximum Gasteiger partial charge on any atom is 0.164 e. The first-order valence-corrected chi connectivity index (χ1v) is 14.9. The molecule has 0 fully saturated rings. The van der Waals surface area contributed by atoms with Crippen LogP contribution in [0.2, 0.25) is 0 Å². The van der Waals surface area contributed by atoms with E-state index in [0.29, 0.717) is 37.8 Å². The normalized spacial score (nSPS) is 16.8. The monoisotopic (exact) mass is 604 g/mol. The third kappa shape index (κ3) is 23.3. The summed E-state index contributed by atoms with van der Waals surface area (Å²) in [5, 5.41) is 76.0. The van der Waals surface area contributed by atoms with Gasteiger partial charge in [0.25, 0.3) is 0 Å². The molecule has 0 bridgehead atoms. The van der Waals surface area contributed by atoms with E-state index in [0.717, 1.165) is 12.8 Å². The maximum absolute atomic E-state index is 8.84. The molecule has 0 aromatic heterocycles. The second kappa shape index (κ2) is 22.3. The molecule has 12 nitrogen and oxygen atoms in total. The van der Waals surface area contributed by atoms with Crippen LogP contribution in [-0.4, -0.2) is 35.2 Å². The number of hydrogen-bond donors (Lipinski definition) is 0. The molecule has 0 saturated heterocycles. The second-order valence-corrected chi connectivity index (χ2v) is 12.6. The SMILES string of the molecule is CC(C#N)CC(C)CN=NCC(C)CC(C)C#N.CC(C)(C#N)N=NC(C)(C)C#N.CCC(C)(C#N)N=NC(C)(C#N)CC. The van der Waals surface area contributed by atoms with Crippen LogP contribution in [0.3, 0.4) is 0 Å². The Morgan fingerprint density at radius 1 is 0.500 bits per heavy atom. The van der Waals surface area contributed by atoms with E-state index in [4.69, 9.17) is 31.6 Å². The lowest BCUT2D eigenvalue weighted by atomic mass is 9.98. The fourth-order valence-corrected chi connectivity index (χ4v) is 2.72. The minimum Gasteiger partial charge on any atom is -0.198 e.